The Hall–Kier alpha value is -1.97. The highest BCUT2D eigenvalue weighted by Gasteiger charge is 2.19. The number of hydrogen-bond acceptors (Lipinski definition) is 7. The fraction of sp³-hybridized carbons (Fsp3) is 0.273. The Labute approximate surface area is 186 Å². The standard InChI is InChI=1S/C22H21N3O2S3/c26-21-19-17(18-7-4-13-28-18)15-30-20(19)23-22(25(21)16-5-2-1-3-6-16)29-14-10-24-8-11-27-12-9-24/h1-7,13,15H,8-12,14H2. The minimum absolute atomic E-state index is 0.00437. The van der Waals surface area contributed by atoms with Gasteiger partial charge in [-0.1, -0.05) is 36.0 Å². The molecule has 4 aromatic rings. The van der Waals surface area contributed by atoms with E-state index in [1.54, 1.807) is 39.0 Å². The van der Waals surface area contributed by atoms with E-state index in [1.807, 2.05) is 41.8 Å². The number of aromatic nitrogens is 2. The molecule has 0 bridgehead atoms. The SMILES string of the molecule is O=c1c2c(-c3cccs3)csc2nc(SCCN2CCOCC2)n1-c1ccccc1. The molecule has 8 heteroatoms. The van der Waals surface area contributed by atoms with Crippen LogP contribution in [0.25, 0.3) is 26.3 Å². The molecule has 1 aliphatic heterocycles. The van der Waals surface area contributed by atoms with Gasteiger partial charge >= 0.3 is 0 Å². The maximum Gasteiger partial charge on any atom is 0.268 e. The lowest BCUT2D eigenvalue weighted by Gasteiger charge is -2.26. The largest absolute Gasteiger partial charge is 0.379 e. The molecule has 0 unspecified atom stereocenters. The van der Waals surface area contributed by atoms with E-state index in [1.165, 1.54) is 0 Å². The van der Waals surface area contributed by atoms with Crippen LogP contribution >= 0.6 is 34.4 Å². The van der Waals surface area contributed by atoms with Crippen LogP contribution in [0.5, 0.6) is 0 Å². The van der Waals surface area contributed by atoms with E-state index in [0.717, 1.165) is 64.7 Å². The average Bonchev–Trinajstić information content (AvgIpc) is 3.45. The van der Waals surface area contributed by atoms with Crippen molar-refractivity contribution in [1.82, 2.24) is 14.5 Å². The summed E-state index contributed by atoms with van der Waals surface area (Å²) in [6, 6.07) is 13.9. The summed E-state index contributed by atoms with van der Waals surface area (Å²) in [4.78, 5) is 22.9. The molecule has 0 radical (unpaired) electrons. The summed E-state index contributed by atoms with van der Waals surface area (Å²) in [6.45, 7) is 4.48. The van der Waals surface area contributed by atoms with Crippen LogP contribution in [-0.2, 0) is 4.74 Å². The van der Waals surface area contributed by atoms with Gasteiger partial charge in [0.05, 0.1) is 24.3 Å². The minimum Gasteiger partial charge on any atom is -0.379 e. The highest BCUT2D eigenvalue weighted by molar-refractivity contribution is 7.99. The Bertz CT molecular complexity index is 1180. The zero-order valence-electron chi connectivity index (χ0n) is 16.3. The zero-order valence-corrected chi connectivity index (χ0v) is 18.8. The Morgan fingerprint density at radius 2 is 1.90 bits per heavy atom. The van der Waals surface area contributed by atoms with E-state index in [9.17, 15) is 4.79 Å². The van der Waals surface area contributed by atoms with E-state index >= 15 is 0 Å². The van der Waals surface area contributed by atoms with Gasteiger partial charge in [0.1, 0.15) is 4.83 Å². The molecule has 1 fully saturated rings. The number of thiophene rings is 2. The number of hydrogen-bond donors (Lipinski definition) is 0. The van der Waals surface area contributed by atoms with E-state index in [4.69, 9.17) is 9.72 Å². The number of fused-ring (bicyclic) bond motifs is 1. The van der Waals surface area contributed by atoms with Gasteiger partial charge in [-0.2, -0.15) is 0 Å². The third kappa shape index (κ3) is 3.98. The summed E-state index contributed by atoms with van der Waals surface area (Å²) >= 11 is 4.85. The summed E-state index contributed by atoms with van der Waals surface area (Å²) < 4.78 is 7.21. The fourth-order valence-corrected chi connectivity index (χ4v) is 6.39. The smallest absolute Gasteiger partial charge is 0.268 e. The third-order valence-electron chi connectivity index (χ3n) is 5.12. The molecule has 1 aliphatic rings. The lowest BCUT2D eigenvalue weighted by molar-refractivity contribution is 0.0410. The highest BCUT2D eigenvalue weighted by Crippen LogP contribution is 2.35. The van der Waals surface area contributed by atoms with Gasteiger partial charge in [-0.15, -0.1) is 22.7 Å². The Kier molecular flexibility index (Phi) is 6.01. The Morgan fingerprint density at radius 3 is 2.67 bits per heavy atom. The van der Waals surface area contributed by atoms with Crippen molar-refractivity contribution in [2.24, 2.45) is 0 Å². The summed E-state index contributed by atoms with van der Waals surface area (Å²) in [7, 11) is 0. The second kappa shape index (κ2) is 9.03. The van der Waals surface area contributed by atoms with E-state index in [2.05, 4.69) is 16.3 Å². The molecule has 154 valence electrons. The van der Waals surface area contributed by atoms with Crippen LogP contribution in [0.2, 0.25) is 0 Å². The van der Waals surface area contributed by atoms with E-state index < -0.39 is 0 Å². The van der Waals surface area contributed by atoms with E-state index in [-0.39, 0.29) is 5.56 Å². The summed E-state index contributed by atoms with van der Waals surface area (Å²) in [5.74, 6) is 0.883. The van der Waals surface area contributed by atoms with Gasteiger partial charge in [-0.3, -0.25) is 14.3 Å². The minimum atomic E-state index is 0.00437. The van der Waals surface area contributed by atoms with Crippen LogP contribution in [0.1, 0.15) is 0 Å². The lowest BCUT2D eigenvalue weighted by atomic mass is 10.2. The number of thioether (sulfide) groups is 1. The van der Waals surface area contributed by atoms with Crippen LogP contribution in [0.4, 0.5) is 0 Å². The number of rotatable bonds is 6. The van der Waals surface area contributed by atoms with Gasteiger partial charge in [-0.05, 0) is 23.6 Å². The number of para-hydroxylation sites is 1. The second-order valence-electron chi connectivity index (χ2n) is 6.98. The molecule has 0 aliphatic carbocycles. The van der Waals surface area contributed by atoms with Gasteiger partial charge < -0.3 is 4.74 Å². The Balaban J connectivity index is 1.54. The van der Waals surface area contributed by atoms with Crippen molar-refractivity contribution in [3.63, 3.8) is 0 Å². The molecule has 0 amide bonds. The predicted octanol–water partition coefficient (Wildman–Crippen LogP) is 4.60. The third-order valence-corrected chi connectivity index (χ3v) is 7.81. The first-order valence-corrected chi connectivity index (χ1v) is 12.6. The number of morpholine rings is 1. The first-order valence-electron chi connectivity index (χ1n) is 9.88. The van der Waals surface area contributed by atoms with E-state index in [0.29, 0.717) is 5.39 Å². The second-order valence-corrected chi connectivity index (χ2v) is 9.85. The molecule has 1 saturated heterocycles. The molecule has 5 nitrogen and oxygen atoms in total. The van der Waals surface area contributed by atoms with Crippen molar-refractivity contribution in [2.45, 2.75) is 5.16 Å². The molecular formula is C22H21N3O2S3. The first-order chi connectivity index (χ1) is 14.8. The predicted molar refractivity (Wildman–Crippen MR) is 127 cm³/mol. The van der Waals surface area contributed by atoms with Crippen molar-refractivity contribution >= 4 is 44.7 Å². The van der Waals surface area contributed by atoms with Crippen LogP contribution in [0.3, 0.4) is 0 Å². The lowest BCUT2D eigenvalue weighted by Crippen LogP contribution is -2.37. The van der Waals surface area contributed by atoms with Crippen molar-refractivity contribution < 1.29 is 4.74 Å². The quantitative estimate of drug-likeness (QED) is 0.314. The molecule has 0 spiro atoms. The summed E-state index contributed by atoms with van der Waals surface area (Å²) in [5.41, 5.74) is 1.84. The fourth-order valence-electron chi connectivity index (χ4n) is 3.58. The molecule has 0 N–H and O–H groups in total. The van der Waals surface area contributed by atoms with Gasteiger partial charge in [0, 0.05) is 41.2 Å². The number of ether oxygens (including phenoxy) is 1. The Morgan fingerprint density at radius 1 is 1.07 bits per heavy atom. The maximum atomic E-state index is 13.7. The monoisotopic (exact) mass is 455 g/mol. The average molecular weight is 456 g/mol. The zero-order chi connectivity index (χ0) is 20.3. The summed E-state index contributed by atoms with van der Waals surface area (Å²) in [5, 5.41) is 5.57. The normalized spacial score (nSPS) is 15.1. The van der Waals surface area contributed by atoms with Crippen LogP contribution in [-0.4, -0.2) is 53.1 Å². The van der Waals surface area contributed by atoms with Crippen molar-refractivity contribution in [3.8, 4) is 16.1 Å². The first kappa shape index (κ1) is 20.0. The number of nitrogens with zero attached hydrogens (tertiary/aromatic N) is 3. The molecule has 0 saturated carbocycles. The number of benzene rings is 1. The molecule has 1 aromatic carbocycles. The van der Waals surface area contributed by atoms with Crippen LogP contribution in [0.15, 0.2) is 63.2 Å². The topological polar surface area (TPSA) is 47.4 Å². The molecule has 5 rings (SSSR count). The van der Waals surface area contributed by atoms with Crippen LogP contribution < -0.4 is 5.56 Å². The van der Waals surface area contributed by atoms with Gasteiger partial charge in [0.15, 0.2) is 5.16 Å². The molecular weight excluding hydrogens is 434 g/mol. The van der Waals surface area contributed by atoms with Crippen molar-refractivity contribution in [1.29, 1.82) is 0 Å². The van der Waals surface area contributed by atoms with Gasteiger partial charge in [0.25, 0.3) is 5.56 Å². The van der Waals surface area contributed by atoms with Crippen molar-refractivity contribution in [2.75, 3.05) is 38.6 Å². The van der Waals surface area contributed by atoms with Gasteiger partial charge in [-0.25, -0.2) is 4.98 Å². The molecule has 0 atom stereocenters. The van der Waals surface area contributed by atoms with Crippen molar-refractivity contribution in [3.05, 3.63) is 63.6 Å². The van der Waals surface area contributed by atoms with Gasteiger partial charge in [0.2, 0.25) is 0 Å². The summed E-state index contributed by atoms with van der Waals surface area (Å²) in [6.07, 6.45) is 0. The molecule has 30 heavy (non-hydrogen) atoms. The van der Waals surface area contributed by atoms with Crippen LogP contribution in [0, 0.1) is 0 Å². The molecule has 3 aromatic heterocycles. The highest BCUT2D eigenvalue weighted by atomic mass is 32.2. The molecule has 4 heterocycles. The maximum absolute atomic E-state index is 13.7.